The fourth-order valence-electron chi connectivity index (χ4n) is 2.49. The van der Waals surface area contributed by atoms with E-state index < -0.39 is 0 Å². The van der Waals surface area contributed by atoms with E-state index in [1.54, 1.807) is 18.2 Å². The van der Waals surface area contributed by atoms with Gasteiger partial charge in [-0.05, 0) is 55.2 Å². The van der Waals surface area contributed by atoms with Crippen molar-refractivity contribution in [3.63, 3.8) is 0 Å². The van der Waals surface area contributed by atoms with Crippen molar-refractivity contribution < 1.29 is 5.11 Å². The van der Waals surface area contributed by atoms with Crippen molar-refractivity contribution >= 4 is 11.9 Å². The number of hydrogen-bond donors (Lipinski definition) is 2. The van der Waals surface area contributed by atoms with Crippen LogP contribution < -0.4 is 5.73 Å². The third kappa shape index (κ3) is 7.16. The van der Waals surface area contributed by atoms with Crippen LogP contribution in [0.1, 0.15) is 57.4 Å². The zero-order chi connectivity index (χ0) is 15.5. The largest absolute Gasteiger partial charge is 0.508 e. The molecule has 1 saturated carbocycles. The minimum atomic E-state index is 0.294. The van der Waals surface area contributed by atoms with Gasteiger partial charge in [-0.15, -0.1) is 0 Å². The quantitative estimate of drug-likeness (QED) is 0.348. The number of rotatable bonds is 6. The van der Waals surface area contributed by atoms with Crippen molar-refractivity contribution in [3.8, 4) is 5.75 Å². The van der Waals surface area contributed by atoms with Gasteiger partial charge in [-0.1, -0.05) is 39.0 Å². The first-order valence-electron chi connectivity index (χ1n) is 8.15. The Labute approximate surface area is 129 Å². The minimum absolute atomic E-state index is 0.294. The number of nitrogens with zero attached hydrogens (tertiary/aromatic N) is 1. The molecule has 0 aliphatic heterocycles. The first-order valence-corrected chi connectivity index (χ1v) is 8.15. The van der Waals surface area contributed by atoms with E-state index in [9.17, 15) is 0 Å². The summed E-state index contributed by atoms with van der Waals surface area (Å²) < 4.78 is 0. The van der Waals surface area contributed by atoms with Crippen LogP contribution in [0.2, 0.25) is 0 Å². The van der Waals surface area contributed by atoms with Gasteiger partial charge in [-0.3, -0.25) is 0 Å². The molecule has 0 unspecified atom stereocenters. The van der Waals surface area contributed by atoms with Crippen LogP contribution in [-0.4, -0.2) is 18.4 Å². The Morgan fingerprint density at radius 2 is 2.14 bits per heavy atom. The summed E-state index contributed by atoms with van der Waals surface area (Å²) in [6, 6.07) is 5.06. The highest BCUT2D eigenvalue weighted by atomic mass is 16.3. The van der Waals surface area contributed by atoms with Crippen molar-refractivity contribution in [2.45, 2.75) is 58.3 Å². The number of phenols is 1. The number of nitrogens with two attached hydrogens (primary N) is 1. The summed E-state index contributed by atoms with van der Waals surface area (Å²) in [6.45, 7) is 2.09. The highest BCUT2D eigenvalue weighted by Gasteiger charge is 2.15. The van der Waals surface area contributed by atoms with E-state index in [0.29, 0.717) is 5.75 Å². The molecule has 1 fully saturated rings. The number of hydrogen-bond acceptors (Lipinski definition) is 3. The molecular formula is C18H30N2O. The van der Waals surface area contributed by atoms with Gasteiger partial charge in [0.25, 0.3) is 0 Å². The lowest BCUT2D eigenvalue weighted by molar-refractivity contribution is 0.292. The molecule has 118 valence electrons. The van der Waals surface area contributed by atoms with Crippen LogP contribution in [0.5, 0.6) is 5.75 Å². The van der Waals surface area contributed by atoms with Crippen molar-refractivity contribution in [1.82, 2.24) is 0 Å². The van der Waals surface area contributed by atoms with Gasteiger partial charge < -0.3 is 15.8 Å². The van der Waals surface area contributed by atoms with E-state index in [-0.39, 0.29) is 0 Å². The first-order chi connectivity index (χ1) is 10.2. The molecule has 1 aliphatic carbocycles. The van der Waals surface area contributed by atoms with Crippen molar-refractivity contribution in [2.75, 3.05) is 12.8 Å². The number of unbranched alkanes of at least 4 members (excludes halogenated alkanes) is 1. The van der Waals surface area contributed by atoms with Crippen LogP contribution in [0.4, 0.5) is 5.69 Å². The number of nitrogen functional groups attached to an aromatic ring is 1. The summed E-state index contributed by atoms with van der Waals surface area (Å²) in [6.07, 6.45) is 12.4. The van der Waals surface area contributed by atoms with Gasteiger partial charge in [-0.25, -0.2) is 0 Å². The Morgan fingerprint density at radius 1 is 1.38 bits per heavy atom. The normalized spacial score (nSPS) is 14.6. The smallest absolute Gasteiger partial charge is 0.116 e. The molecule has 2 rings (SSSR count). The maximum atomic E-state index is 9.11. The van der Waals surface area contributed by atoms with E-state index in [2.05, 4.69) is 11.9 Å². The van der Waals surface area contributed by atoms with Gasteiger partial charge in [0.05, 0.1) is 0 Å². The van der Waals surface area contributed by atoms with Gasteiger partial charge in [0.2, 0.25) is 0 Å². The number of anilines is 1. The molecular weight excluding hydrogens is 260 g/mol. The van der Waals surface area contributed by atoms with E-state index in [1.807, 2.05) is 13.3 Å². The summed E-state index contributed by atoms with van der Waals surface area (Å²) in [5, 5.41) is 9.11. The lowest BCUT2D eigenvalue weighted by atomic mass is 9.82. The minimum Gasteiger partial charge on any atom is -0.508 e. The number of aromatic hydroxyl groups is 1. The predicted octanol–water partition coefficient (Wildman–Crippen LogP) is 4.58. The first kappa shape index (κ1) is 17.5. The molecule has 1 aromatic carbocycles. The Morgan fingerprint density at radius 3 is 2.71 bits per heavy atom. The molecule has 0 radical (unpaired) electrons. The van der Waals surface area contributed by atoms with Crippen LogP contribution in [0.25, 0.3) is 0 Å². The average molecular weight is 290 g/mol. The van der Waals surface area contributed by atoms with E-state index >= 15 is 0 Å². The Bertz CT molecular complexity index is 425. The molecule has 3 N–H and O–H groups in total. The van der Waals surface area contributed by atoms with Crippen LogP contribution in [0.3, 0.4) is 0 Å². The zero-order valence-corrected chi connectivity index (χ0v) is 13.5. The Hall–Kier alpha value is -1.51. The molecule has 3 nitrogen and oxygen atoms in total. The van der Waals surface area contributed by atoms with Crippen LogP contribution in [-0.2, 0) is 6.42 Å². The Kier molecular flexibility index (Phi) is 8.56. The second kappa shape index (κ2) is 10.3. The van der Waals surface area contributed by atoms with Gasteiger partial charge >= 0.3 is 0 Å². The fraction of sp³-hybridized carbons (Fsp3) is 0.611. The molecule has 0 atom stereocenters. The average Bonchev–Trinajstić information content (AvgIpc) is 2.42. The fourth-order valence-corrected chi connectivity index (χ4v) is 2.49. The molecule has 1 aliphatic rings. The molecule has 0 bridgehead atoms. The number of aryl methyl sites for hydroxylation is 1. The van der Waals surface area contributed by atoms with Crippen LogP contribution in [0, 0.1) is 5.92 Å². The summed E-state index contributed by atoms with van der Waals surface area (Å²) in [4.78, 5) is 3.95. The SMILES string of the molecule is CCCc1cc(O)ccc1N.CN=CCCCC1CCC1. The molecule has 3 heteroatoms. The van der Waals surface area contributed by atoms with Crippen molar-refractivity contribution in [1.29, 1.82) is 0 Å². The monoisotopic (exact) mass is 290 g/mol. The molecule has 21 heavy (non-hydrogen) atoms. The third-order valence-corrected chi connectivity index (χ3v) is 4.00. The van der Waals surface area contributed by atoms with E-state index in [1.165, 1.54) is 38.5 Å². The lowest BCUT2D eigenvalue weighted by Gasteiger charge is -2.24. The predicted molar refractivity (Wildman–Crippen MR) is 92.1 cm³/mol. The van der Waals surface area contributed by atoms with Gasteiger partial charge in [0.15, 0.2) is 0 Å². The highest BCUT2D eigenvalue weighted by Crippen LogP contribution is 2.30. The lowest BCUT2D eigenvalue weighted by Crippen LogP contribution is -2.10. The third-order valence-electron chi connectivity index (χ3n) is 4.00. The van der Waals surface area contributed by atoms with Crippen molar-refractivity contribution in [3.05, 3.63) is 23.8 Å². The summed E-state index contributed by atoms with van der Waals surface area (Å²) in [5.74, 6) is 1.37. The molecule has 0 amide bonds. The molecule has 0 heterocycles. The number of aliphatic imine (C=N–C) groups is 1. The summed E-state index contributed by atoms with van der Waals surface area (Å²) in [5.41, 5.74) is 7.47. The van der Waals surface area contributed by atoms with Crippen LogP contribution >= 0.6 is 0 Å². The maximum Gasteiger partial charge on any atom is 0.116 e. The van der Waals surface area contributed by atoms with E-state index in [4.69, 9.17) is 10.8 Å². The van der Waals surface area contributed by atoms with Crippen molar-refractivity contribution in [2.24, 2.45) is 10.9 Å². The molecule has 0 spiro atoms. The van der Waals surface area contributed by atoms with Crippen LogP contribution in [0.15, 0.2) is 23.2 Å². The second-order valence-electron chi connectivity index (χ2n) is 5.80. The molecule has 0 saturated heterocycles. The van der Waals surface area contributed by atoms with Gasteiger partial charge in [-0.2, -0.15) is 0 Å². The molecule has 0 aromatic heterocycles. The summed E-state index contributed by atoms with van der Waals surface area (Å²) >= 11 is 0. The maximum absolute atomic E-state index is 9.11. The van der Waals surface area contributed by atoms with Gasteiger partial charge in [0.1, 0.15) is 5.75 Å². The zero-order valence-electron chi connectivity index (χ0n) is 13.5. The summed E-state index contributed by atoms with van der Waals surface area (Å²) in [7, 11) is 1.85. The molecule has 1 aromatic rings. The Balaban J connectivity index is 0.000000211. The number of benzene rings is 1. The topological polar surface area (TPSA) is 58.6 Å². The number of phenolic OH excluding ortho intramolecular Hbond substituents is 1. The van der Waals surface area contributed by atoms with Gasteiger partial charge in [0, 0.05) is 12.7 Å². The second-order valence-corrected chi connectivity index (χ2v) is 5.80. The highest BCUT2D eigenvalue weighted by molar-refractivity contribution is 5.56. The van der Waals surface area contributed by atoms with E-state index in [0.717, 1.165) is 30.0 Å². The standard InChI is InChI=1S/C9H13NO.C9H17N/c1-2-3-7-6-8(11)4-5-9(7)10;1-10-8-3-2-5-9-6-4-7-9/h4-6,11H,2-3,10H2,1H3;8-9H,2-7H2,1H3.